The molecule has 2 aromatic rings. The van der Waals surface area contributed by atoms with Crippen LogP contribution in [-0.2, 0) is 6.54 Å². The molecule has 0 aliphatic carbocycles. The highest BCUT2D eigenvalue weighted by atomic mass is 19.1. The number of hydrogen-bond donors (Lipinski definition) is 2. The van der Waals surface area contributed by atoms with Gasteiger partial charge in [0.1, 0.15) is 17.2 Å². The van der Waals surface area contributed by atoms with Gasteiger partial charge >= 0.3 is 0 Å². The monoisotopic (exact) mass is 199 g/mol. The van der Waals surface area contributed by atoms with E-state index in [-0.39, 0.29) is 23.1 Å². The average Bonchev–Trinajstić information content (AvgIpc) is 2.60. The molecular weight excluding hydrogens is 192 g/mol. The fourth-order valence-corrected chi connectivity index (χ4v) is 1.32. The molecule has 3 nitrogen and oxygen atoms in total. The number of furan rings is 1. The molecule has 0 saturated carbocycles. The molecule has 74 valence electrons. The second-order valence-corrected chi connectivity index (χ2v) is 2.82. The first kappa shape index (κ1) is 9.11. The van der Waals surface area contributed by atoms with Crippen molar-refractivity contribution in [3.8, 4) is 0 Å². The molecule has 0 bridgehead atoms. The Hall–Kier alpha value is -1.46. The van der Waals surface area contributed by atoms with Crippen molar-refractivity contribution >= 4 is 11.0 Å². The van der Waals surface area contributed by atoms with Crippen LogP contribution in [0.4, 0.5) is 8.78 Å². The third-order valence-corrected chi connectivity index (χ3v) is 2.00. The first-order valence-corrected chi connectivity index (χ1v) is 3.95. The maximum Gasteiger partial charge on any atom is 0.141 e. The molecule has 0 aliphatic heterocycles. The van der Waals surface area contributed by atoms with Gasteiger partial charge in [-0.15, -0.1) is 0 Å². The van der Waals surface area contributed by atoms with Crippen LogP contribution in [0.15, 0.2) is 22.8 Å². The smallest absolute Gasteiger partial charge is 0.141 e. The molecule has 0 atom stereocenters. The number of hydrogen-bond acceptors (Lipinski definition) is 3. The lowest BCUT2D eigenvalue weighted by atomic mass is 10.1. The van der Waals surface area contributed by atoms with Crippen molar-refractivity contribution in [1.29, 1.82) is 0 Å². The predicted octanol–water partition coefficient (Wildman–Crippen LogP) is 2.19. The third-order valence-electron chi connectivity index (χ3n) is 2.00. The van der Waals surface area contributed by atoms with Crippen molar-refractivity contribution in [2.24, 2.45) is 0 Å². The van der Waals surface area contributed by atoms with Crippen molar-refractivity contribution in [1.82, 2.24) is 5.48 Å². The van der Waals surface area contributed by atoms with Crippen LogP contribution in [0.2, 0.25) is 0 Å². The zero-order valence-corrected chi connectivity index (χ0v) is 7.05. The van der Waals surface area contributed by atoms with Gasteiger partial charge in [-0.05, 0) is 6.07 Å². The Balaban J connectivity index is 2.69. The fourth-order valence-electron chi connectivity index (χ4n) is 1.32. The molecule has 5 heteroatoms. The Morgan fingerprint density at radius 2 is 2.21 bits per heavy atom. The van der Waals surface area contributed by atoms with Gasteiger partial charge in [-0.2, -0.15) is 0 Å². The largest absolute Gasteiger partial charge is 0.464 e. The SMILES string of the molecule is ONCc1c(F)cc2occc2c1F. The van der Waals surface area contributed by atoms with Crippen LogP contribution in [0, 0.1) is 11.6 Å². The Labute approximate surface area is 77.9 Å². The minimum atomic E-state index is -0.744. The van der Waals surface area contributed by atoms with Crippen LogP contribution in [0.5, 0.6) is 0 Å². The molecule has 2 N–H and O–H groups in total. The summed E-state index contributed by atoms with van der Waals surface area (Å²) < 4.78 is 31.5. The van der Waals surface area contributed by atoms with Crippen LogP contribution in [0.1, 0.15) is 5.56 Å². The maximum absolute atomic E-state index is 13.5. The topological polar surface area (TPSA) is 45.4 Å². The summed E-state index contributed by atoms with van der Waals surface area (Å²) in [7, 11) is 0. The summed E-state index contributed by atoms with van der Waals surface area (Å²) in [6.45, 7) is -0.279. The highest BCUT2D eigenvalue weighted by Gasteiger charge is 2.14. The fraction of sp³-hybridized carbons (Fsp3) is 0.111. The molecule has 0 spiro atoms. The lowest BCUT2D eigenvalue weighted by molar-refractivity contribution is 0.158. The van der Waals surface area contributed by atoms with Gasteiger partial charge in [0, 0.05) is 11.6 Å². The number of nitrogens with one attached hydrogen (secondary N) is 1. The standard InChI is InChI=1S/C9H7F2NO2/c10-7-3-8-5(1-2-14-8)9(11)6(7)4-12-13/h1-3,12-13H,4H2. The molecule has 14 heavy (non-hydrogen) atoms. The van der Waals surface area contributed by atoms with Gasteiger partial charge in [0.25, 0.3) is 0 Å². The summed E-state index contributed by atoms with van der Waals surface area (Å²) in [5.41, 5.74) is 1.66. The summed E-state index contributed by atoms with van der Waals surface area (Å²) in [6.07, 6.45) is 1.28. The van der Waals surface area contributed by atoms with E-state index in [1.807, 2.05) is 0 Å². The Morgan fingerprint density at radius 1 is 1.43 bits per heavy atom. The van der Waals surface area contributed by atoms with Crippen LogP contribution in [0.3, 0.4) is 0 Å². The minimum absolute atomic E-state index is 0.154. The highest BCUT2D eigenvalue weighted by Crippen LogP contribution is 2.24. The zero-order valence-electron chi connectivity index (χ0n) is 7.05. The van der Waals surface area contributed by atoms with Crippen LogP contribution >= 0.6 is 0 Å². The lowest BCUT2D eigenvalue weighted by Crippen LogP contribution is -2.10. The van der Waals surface area contributed by atoms with E-state index in [9.17, 15) is 8.78 Å². The van der Waals surface area contributed by atoms with E-state index in [2.05, 4.69) is 0 Å². The van der Waals surface area contributed by atoms with E-state index in [1.54, 1.807) is 5.48 Å². The first-order chi connectivity index (χ1) is 6.74. The molecule has 2 rings (SSSR count). The van der Waals surface area contributed by atoms with E-state index in [0.29, 0.717) is 0 Å². The van der Waals surface area contributed by atoms with E-state index in [4.69, 9.17) is 9.62 Å². The van der Waals surface area contributed by atoms with Crippen LogP contribution < -0.4 is 5.48 Å². The second-order valence-electron chi connectivity index (χ2n) is 2.82. The highest BCUT2D eigenvalue weighted by molar-refractivity contribution is 5.78. The van der Waals surface area contributed by atoms with Gasteiger partial charge in [-0.3, -0.25) is 0 Å². The minimum Gasteiger partial charge on any atom is -0.464 e. The average molecular weight is 199 g/mol. The van der Waals surface area contributed by atoms with Crippen LogP contribution in [-0.4, -0.2) is 5.21 Å². The molecule has 0 aliphatic rings. The summed E-state index contributed by atoms with van der Waals surface area (Å²) in [5, 5.41) is 8.59. The molecular formula is C9H7F2NO2. The van der Waals surface area contributed by atoms with Crippen molar-refractivity contribution in [3.63, 3.8) is 0 Å². The molecule has 1 heterocycles. The normalized spacial score (nSPS) is 11.1. The quantitative estimate of drug-likeness (QED) is 0.728. The molecule has 0 unspecified atom stereocenters. The van der Waals surface area contributed by atoms with Crippen molar-refractivity contribution in [2.45, 2.75) is 6.54 Å². The summed E-state index contributed by atoms with van der Waals surface area (Å²) >= 11 is 0. The van der Waals surface area contributed by atoms with Gasteiger partial charge in [-0.1, -0.05) is 0 Å². The Kier molecular flexibility index (Phi) is 2.18. The number of benzene rings is 1. The summed E-state index contributed by atoms with van der Waals surface area (Å²) in [4.78, 5) is 0. The van der Waals surface area contributed by atoms with Crippen LogP contribution in [0.25, 0.3) is 11.0 Å². The van der Waals surface area contributed by atoms with E-state index in [0.717, 1.165) is 6.07 Å². The van der Waals surface area contributed by atoms with Gasteiger partial charge in [0.2, 0.25) is 0 Å². The molecule has 0 amide bonds. The second kappa shape index (κ2) is 3.36. The Bertz CT molecular complexity index is 467. The van der Waals surface area contributed by atoms with Gasteiger partial charge in [0.05, 0.1) is 18.2 Å². The maximum atomic E-state index is 13.5. The summed E-state index contributed by atoms with van der Waals surface area (Å²) in [6, 6.07) is 2.50. The van der Waals surface area contributed by atoms with Crippen molar-refractivity contribution < 1.29 is 18.4 Å². The van der Waals surface area contributed by atoms with Gasteiger partial charge in [-0.25, -0.2) is 14.3 Å². The lowest BCUT2D eigenvalue weighted by Gasteiger charge is -2.03. The first-order valence-electron chi connectivity index (χ1n) is 3.95. The Morgan fingerprint density at radius 3 is 2.93 bits per heavy atom. The molecule has 1 aromatic carbocycles. The molecule has 0 saturated heterocycles. The third kappa shape index (κ3) is 1.26. The molecule has 0 radical (unpaired) electrons. The number of fused-ring (bicyclic) bond motifs is 1. The van der Waals surface area contributed by atoms with Crippen molar-refractivity contribution in [2.75, 3.05) is 0 Å². The number of halogens is 2. The summed E-state index contributed by atoms with van der Waals surface area (Å²) in [5.74, 6) is -1.46. The predicted molar refractivity (Wildman–Crippen MR) is 44.8 cm³/mol. The van der Waals surface area contributed by atoms with E-state index < -0.39 is 11.6 Å². The van der Waals surface area contributed by atoms with Gasteiger partial charge < -0.3 is 9.62 Å². The number of hydroxylamine groups is 1. The molecule has 1 aromatic heterocycles. The van der Waals surface area contributed by atoms with E-state index >= 15 is 0 Å². The van der Waals surface area contributed by atoms with Crippen molar-refractivity contribution in [3.05, 3.63) is 35.6 Å². The molecule has 0 fully saturated rings. The van der Waals surface area contributed by atoms with E-state index in [1.165, 1.54) is 12.3 Å². The van der Waals surface area contributed by atoms with Gasteiger partial charge in [0.15, 0.2) is 0 Å². The number of rotatable bonds is 2. The zero-order chi connectivity index (χ0) is 10.1.